The van der Waals surface area contributed by atoms with Crippen molar-refractivity contribution in [3.8, 4) is 0 Å². The zero-order chi connectivity index (χ0) is 12.8. The van der Waals surface area contributed by atoms with Gasteiger partial charge in [-0.1, -0.05) is 30.3 Å². The van der Waals surface area contributed by atoms with Gasteiger partial charge in [-0.3, -0.25) is 4.79 Å². The van der Waals surface area contributed by atoms with Crippen LogP contribution in [0, 0.1) is 5.92 Å². The number of nitrogens with one attached hydrogen (secondary N) is 1. The first-order chi connectivity index (χ1) is 8.75. The van der Waals surface area contributed by atoms with Gasteiger partial charge in [0.15, 0.2) is 0 Å². The van der Waals surface area contributed by atoms with Crippen molar-refractivity contribution in [1.29, 1.82) is 0 Å². The van der Waals surface area contributed by atoms with E-state index in [-0.39, 0.29) is 12.0 Å². The van der Waals surface area contributed by atoms with Crippen LogP contribution in [0.25, 0.3) is 6.08 Å². The lowest BCUT2D eigenvalue weighted by Gasteiger charge is -2.08. The molecule has 0 aromatic heterocycles. The Bertz CT molecular complexity index is 410. The molecule has 1 atom stereocenters. The molecule has 0 heterocycles. The van der Waals surface area contributed by atoms with Crippen LogP contribution in [0.15, 0.2) is 36.4 Å². The second-order valence-corrected chi connectivity index (χ2v) is 4.73. The monoisotopic (exact) mass is 245 g/mol. The number of carbonyl (C=O) groups excluding carboxylic acids is 1. The predicted octanol–water partition coefficient (Wildman–Crippen LogP) is 1.98. The smallest absolute Gasteiger partial charge is 0.244 e. The third kappa shape index (κ3) is 4.34. The molecular weight excluding hydrogens is 226 g/mol. The Morgan fingerprint density at radius 3 is 2.78 bits per heavy atom. The lowest BCUT2D eigenvalue weighted by Crippen LogP contribution is -2.26. The maximum absolute atomic E-state index is 11.5. The average molecular weight is 245 g/mol. The van der Waals surface area contributed by atoms with E-state index in [0.29, 0.717) is 18.9 Å². The van der Waals surface area contributed by atoms with Crippen molar-refractivity contribution in [2.45, 2.75) is 25.4 Å². The number of hydrogen-bond donors (Lipinski definition) is 2. The van der Waals surface area contributed by atoms with Crippen LogP contribution in [0.2, 0.25) is 0 Å². The fraction of sp³-hybridized carbons (Fsp3) is 0.400. The van der Waals surface area contributed by atoms with Crippen LogP contribution in [0.1, 0.15) is 24.8 Å². The molecule has 0 aliphatic heterocycles. The largest absolute Gasteiger partial charge is 0.393 e. The first-order valence-electron chi connectivity index (χ1n) is 6.45. The van der Waals surface area contributed by atoms with E-state index in [0.717, 1.165) is 18.4 Å². The van der Waals surface area contributed by atoms with Gasteiger partial charge < -0.3 is 10.4 Å². The van der Waals surface area contributed by atoms with Crippen LogP contribution in [-0.2, 0) is 4.79 Å². The van der Waals surface area contributed by atoms with E-state index in [1.54, 1.807) is 6.08 Å². The molecule has 2 rings (SSSR count). The van der Waals surface area contributed by atoms with E-state index in [1.807, 2.05) is 30.3 Å². The molecule has 3 nitrogen and oxygen atoms in total. The van der Waals surface area contributed by atoms with E-state index in [1.165, 1.54) is 6.08 Å². The highest BCUT2D eigenvalue weighted by Gasteiger charge is 2.28. The molecule has 0 unspecified atom stereocenters. The number of hydrogen-bond acceptors (Lipinski definition) is 2. The minimum atomic E-state index is -0.247. The number of benzene rings is 1. The summed E-state index contributed by atoms with van der Waals surface area (Å²) < 4.78 is 0. The summed E-state index contributed by atoms with van der Waals surface area (Å²) in [4.78, 5) is 11.5. The van der Waals surface area contributed by atoms with Crippen LogP contribution >= 0.6 is 0 Å². The van der Waals surface area contributed by atoms with E-state index in [9.17, 15) is 9.90 Å². The summed E-state index contributed by atoms with van der Waals surface area (Å²) in [5.41, 5.74) is 1.01. The SMILES string of the molecule is O=C(/C=C/c1ccccc1)NCC[C@H](O)C1CC1. The van der Waals surface area contributed by atoms with Crippen molar-refractivity contribution < 1.29 is 9.90 Å². The standard InChI is InChI=1S/C15H19NO2/c17-14(13-7-8-13)10-11-16-15(18)9-6-12-4-2-1-3-5-12/h1-6,9,13-14,17H,7-8,10-11H2,(H,16,18)/b9-6+/t14-/m0/s1. The van der Waals surface area contributed by atoms with Crippen LogP contribution in [0.4, 0.5) is 0 Å². The highest BCUT2D eigenvalue weighted by molar-refractivity contribution is 5.91. The number of aliphatic hydroxyl groups excluding tert-OH is 1. The van der Waals surface area contributed by atoms with Gasteiger partial charge in [-0.05, 0) is 36.8 Å². The zero-order valence-corrected chi connectivity index (χ0v) is 10.4. The Kier molecular flexibility index (Phi) is 4.53. The van der Waals surface area contributed by atoms with Gasteiger partial charge in [0.25, 0.3) is 0 Å². The summed E-state index contributed by atoms with van der Waals surface area (Å²) in [6, 6.07) is 9.70. The molecule has 0 bridgehead atoms. The van der Waals surface area contributed by atoms with Gasteiger partial charge in [-0.15, -0.1) is 0 Å². The molecule has 2 N–H and O–H groups in total. The fourth-order valence-corrected chi connectivity index (χ4v) is 1.85. The summed E-state index contributed by atoms with van der Waals surface area (Å²) in [6.07, 6.45) is 5.97. The molecule has 18 heavy (non-hydrogen) atoms. The van der Waals surface area contributed by atoms with Gasteiger partial charge in [-0.2, -0.15) is 0 Å². The lowest BCUT2D eigenvalue weighted by atomic mass is 10.1. The Labute approximate surface area is 108 Å². The van der Waals surface area contributed by atoms with Crippen LogP contribution in [0.3, 0.4) is 0 Å². The molecule has 3 heteroatoms. The van der Waals surface area contributed by atoms with Gasteiger partial charge in [0.05, 0.1) is 6.10 Å². The Hall–Kier alpha value is -1.61. The molecule has 0 saturated heterocycles. The minimum Gasteiger partial charge on any atom is -0.393 e. The first kappa shape index (κ1) is 12.8. The zero-order valence-electron chi connectivity index (χ0n) is 10.4. The van der Waals surface area contributed by atoms with E-state index in [2.05, 4.69) is 5.32 Å². The molecule has 1 aromatic rings. The summed E-state index contributed by atoms with van der Waals surface area (Å²) >= 11 is 0. The van der Waals surface area contributed by atoms with Crippen LogP contribution < -0.4 is 5.32 Å². The van der Waals surface area contributed by atoms with E-state index < -0.39 is 0 Å². The summed E-state index contributed by atoms with van der Waals surface area (Å²) in [7, 11) is 0. The normalized spacial score (nSPS) is 16.7. The van der Waals surface area contributed by atoms with E-state index in [4.69, 9.17) is 0 Å². The van der Waals surface area contributed by atoms with Gasteiger partial charge >= 0.3 is 0 Å². The topological polar surface area (TPSA) is 49.3 Å². The molecule has 1 aliphatic rings. The molecule has 1 fully saturated rings. The third-order valence-corrected chi connectivity index (χ3v) is 3.13. The molecule has 1 amide bonds. The van der Waals surface area contributed by atoms with Crippen molar-refractivity contribution in [3.05, 3.63) is 42.0 Å². The van der Waals surface area contributed by atoms with Crippen molar-refractivity contribution in [3.63, 3.8) is 0 Å². The summed E-state index contributed by atoms with van der Waals surface area (Å²) in [5.74, 6) is 0.364. The number of rotatable bonds is 6. The van der Waals surface area contributed by atoms with Gasteiger partial charge in [0.1, 0.15) is 0 Å². The number of carbonyl (C=O) groups is 1. The highest BCUT2D eigenvalue weighted by Crippen LogP contribution is 2.33. The molecule has 96 valence electrons. The first-order valence-corrected chi connectivity index (χ1v) is 6.45. The van der Waals surface area contributed by atoms with Crippen molar-refractivity contribution in [2.24, 2.45) is 5.92 Å². The second-order valence-electron chi connectivity index (χ2n) is 4.73. The number of amides is 1. The molecule has 0 radical (unpaired) electrons. The molecular formula is C15H19NO2. The van der Waals surface area contributed by atoms with Gasteiger partial charge in [0, 0.05) is 12.6 Å². The molecule has 1 aliphatic carbocycles. The van der Waals surface area contributed by atoms with Gasteiger partial charge in [-0.25, -0.2) is 0 Å². The molecule has 1 aromatic carbocycles. The maximum Gasteiger partial charge on any atom is 0.244 e. The van der Waals surface area contributed by atoms with E-state index >= 15 is 0 Å². The van der Waals surface area contributed by atoms with Crippen molar-refractivity contribution >= 4 is 12.0 Å². The summed E-state index contributed by atoms with van der Waals surface area (Å²) in [5, 5.41) is 12.4. The van der Waals surface area contributed by atoms with Crippen molar-refractivity contribution in [2.75, 3.05) is 6.54 Å². The predicted molar refractivity (Wildman–Crippen MR) is 71.8 cm³/mol. The fourth-order valence-electron chi connectivity index (χ4n) is 1.85. The number of aliphatic hydroxyl groups is 1. The van der Waals surface area contributed by atoms with Crippen LogP contribution in [0.5, 0.6) is 0 Å². The van der Waals surface area contributed by atoms with Gasteiger partial charge in [0.2, 0.25) is 5.91 Å². The lowest BCUT2D eigenvalue weighted by molar-refractivity contribution is -0.116. The van der Waals surface area contributed by atoms with Crippen LogP contribution in [-0.4, -0.2) is 23.7 Å². The average Bonchev–Trinajstić information content (AvgIpc) is 3.22. The Morgan fingerprint density at radius 2 is 2.11 bits per heavy atom. The maximum atomic E-state index is 11.5. The highest BCUT2D eigenvalue weighted by atomic mass is 16.3. The Balaban J connectivity index is 1.67. The molecule has 1 saturated carbocycles. The second kappa shape index (κ2) is 6.36. The third-order valence-electron chi connectivity index (χ3n) is 3.13. The quantitative estimate of drug-likeness (QED) is 0.753. The van der Waals surface area contributed by atoms with Crippen molar-refractivity contribution in [1.82, 2.24) is 5.32 Å². The summed E-state index contributed by atoms with van der Waals surface area (Å²) in [6.45, 7) is 0.537. The molecule has 0 spiro atoms. The minimum absolute atomic E-state index is 0.109. The Morgan fingerprint density at radius 1 is 1.39 bits per heavy atom.